The third kappa shape index (κ3) is 6.45. The second-order valence-corrected chi connectivity index (χ2v) is 6.47. The molecule has 0 aliphatic heterocycles. The maximum atomic E-state index is 13.5. The first-order chi connectivity index (χ1) is 8.79. The maximum Gasteiger partial charge on any atom is 0.131 e. The second kappa shape index (κ2) is 7.31. The number of rotatable bonds is 6. The topological polar surface area (TPSA) is 24.1 Å². The van der Waals surface area contributed by atoms with Crippen LogP contribution in [-0.4, -0.2) is 18.6 Å². The first-order valence-corrected chi connectivity index (χ1v) is 7.18. The van der Waals surface area contributed by atoms with Gasteiger partial charge < -0.3 is 10.6 Å². The van der Waals surface area contributed by atoms with Gasteiger partial charge >= 0.3 is 0 Å². The van der Waals surface area contributed by atoms with Gasteiger partial charge in [0.2, 0.25) is 0 Å². The van der Waals surface area contributed by atoms with Gasteiger partial charge in [-0.05, 0) is 52.4 Å². The zero-order chi connectivity index (χ0) is 14.5. The van der Waals surface area contributed by atoms with Crippen LogP contribution in [0.15, 0.2) is 16.6 Å². The minimum absolute atomic E-state index is 0.0898. The Labute approximate surface area is 122 Å². The average molecular weight is 335 g/mol. The molecule has 1 aromatic carbocycles. The standard InChI is InChI=1S/C14H21BrF2N2/c1-14(2,3)19-6-4-5-18-9-11-12(16)7-10(15)8-13(11)17/h7-8,18-19H,4-6,9H2,1-3H3. The highest BCUT2D eigenvalue weighted by Crippen LogP contribution is 2.19. The van der Waals surface area contributed by atoms with Crippen molar-refractivity contribution in [1.29, 1.82) is 0 Å². The Morgan fingerprint density at radius 2 is 1.68 bits per heavy atom. The molecule has 0 heterocycles. The molecule has 0 aliphatic rings. The van der Waals surface area contributed by atoms with Crippen LogP contribution in [0.5, 0.6) is 0 Å². The van der Waals surface area contributed by atoms with E-state index in [2.05, 4.69) is 47.3 Å². The van der Waals surface area contributed by atoms with Crippen molar-refractivity contribution in [2.45, 2.75) is 39.3 Å². The lowest BCUT2D eigenvalue weighted by Gasteiger charge is -2.20. The fraction of sp³-hybridized carbons (Fsp3) is 0.571. The quantitative estimate of drug-likeness (QED) is 0.777. The minimum Gasteiger partial charge on any atom is -0.312 e. The number of nitrogens with one attached hydrogen (secondary N) is 2. The highest BCUT2D eigenvalue weighted by Gasteiger charge is 2.10. The van der Waals surface area contributed by atoms with Crippen LogP contribution in [0.25, 0.3) is 0 Å². The predicted octanol–water partition coefficient (Wildman–Crippen LogP) is 3.60. The van der Waals surface area contributed by atoms with E-state index in [1.807, 2.05) is 0 Å². The fourth-order valence-electron chi connectivity index (χ4n) is 1.63. The summed E-state index contributed by atoms with van der Waals surface area (Å²) in [6.07, 6.45) is 0.914. The van der Waals surface area contributed by atoms with Gasteiger partial charge in [0.1, 0.15) is 11.6 Å². The molecule has 0 aliphatic carbocycles. The highest BCUT2D eigenvalue weighted by atomic mass is 79.9. The monoisotopic (exact) mass is 334 g/mol. The Morgan fingerprint density at radius 3 is 2.21 bits per heavy atom. The molecule has 2 nitrogen and oxygen atoms in total. The molecule has 0 fully saturated rings. The Hall–Kier alpha value is -0.520. The molecule has 0 amide bonds. The molecule has 5 heteroatoms. The summed E-state index contributed by atoms with van der Waals surface area (Å²) in [5.41, 5.74) is 0.191. The van der Waals surface area contributed by atoms with E-state index in [-0.39, 0.29) is 17.6 Å². The van der Waals surface area contributed by atoms with Crippen molar-refractivity contribution in [3.63, 3.8) is 0 Å². The molecule has 2 N–H and O–H groups in total. The molecule has 19 heavy (non-hydrogen) atoms. The molecule has 0 spiro atoms. The van der Waals surface area contributed by atoms with Crippen LogP contribution < -0.4 is 10.6 Å². The molecule has 0 radical (unpaired) electrons. The Bertz CT molecular complexity index is 393. The first-order valence-electron chi connectivity index (χ1n) is 6.39. The summed E-state index contributed by atoms with van der Waals surface area (Å²) in [6, 6.07) is 2.56. The fourth-order valence-corrected chi connectivity index (χ4v) is 2.03. The molecule has 0 aromatic heterocycles. The van der Waals surface area contributed by atoms with Crippen LogP contribution in [0.3, 0.4) is 0 Å². The average Bonchev–Trinajstić information content (AvgIpc) is 2.24. The zero-order valence-electron chi connectivity index (χ0n) is 11.6. The van der Waals surface area contributed by atoms with Crippen LogP contribution in [0, 0.1) is 11.6 Å². The molecule has 0 unspecified atom stereocenters. The molecule has 0 saturated carbocycles. The summed E-state index contributed by atoms with van der Waals surface area (Å²) in [6.45, 7) is 8.12. The summed E-state index contributed by atoms with van der Waals surface area (Å²) in [5.74, 6) is -1.04. The van der Waals surface area contributed by atoms with Crippen molar-refractivity contribution in [3.05, 3.63) is 33.8 Å². The van der Waals surface area contributed by atoms with Crippen molar-refractivity contribution < 1.29 is 8.78 Å². The largest absolute Gasteiger partial charge is 0.312 e. The Balaban J connectivity index is 2.30. The predicted molar refractivity (Wildman–Crippen MR) is 78.1 cm³/mol. The van der Waals surface area contributed by atoms with Gasteiger partial charge in [-0.15, -0.1) is 0 Å². The number of hydrogen-bond donors (Lipinski definition) is 2. The summed E-state index contributed by atoms with van der Waals surface area (Å²) in [4.78, 5) is 0. The lowest BCUT2D eigenvalue weighted by molar-refractivity contribution is 0.417. The van der Waals surface area contributed by atoms with Crippen LogP contribution in [-0.2, 0) is 6.54 Å². The summed E-state index contributed by atoms with van der Waals surface area (Å²) < 4.78 is 27.5. The summed E-state index contributed by atoms with van der Waals surface area (Å²) in [7, 11) is 0. The maximum absolute atomic E-state index is 13.5. The molecular formula is C14H21BrF2N2. The number of benzene rings is 1. The molecule has 0 bridgehead atoms. The van der Waals surface area contributed by atoms with Crippen molar-refractivity contribution >= 4 is 15.9 Å². The van der Waals surface area contributed by atoms with Crippen LogP contribution in [0.2, 0.25) is 0 Å². The van der Waals surface area contributed by atoms with Crippen molar-refractivity contribution in [3.8, 4) is 0 Å². The second-order valence-electron chi connectivity index (χ2n) is 5.56. The van der Waals surface area contributed by atoms with Gasteiger partial charge in [-0.3, -0.25) is 0 Å². The van der Waals surface area contributed by atoms with Gasteiger partial charge in [0.05, 0.1) is 0 Å². The summed E-state index contributed by atoms with van der Waals surface area (Å²) >= 11 is 3.06. The molecule has 1 aromatic rings. The first kappa shape index (κ1) is 16.5. The van der Waals surface area contributed by atoms with Gasteiger partial charge in [0.15, 0.2) is 0 Å². The zero-order valence-corrected chi connectivity index (χ0v) is 13.2. The van der Waals surface area contributed by atoms with E-state index < -0.39 is 11.6 Å². The van der Waals surface area contributed by atoms with Gasteiger partial charge in [0.25, 0.3) is 0 Å². The van der Waals surface area contributed by atoms with E-state index in [1.165, 1.54) is 12.1 Å². The molecule has 1 rings (SSSR count). The van der Waals surface area contributed by atoms with E-state index in [4.69, 9.17) is 0 Å². The van der Waals surface area contributed by atoms with Gasteiger partial charge in [0, 0.05) is 22.1 Å². The molecule has 0 atom stereocenters. The molecule has 108 valence electrons. The Morgan fingerprint density at radius 1 is 1.11 bits per heavy atom. The van der Waals surface area contributed by atoms with E-state index in [9.17, 15) is 8.78 Å². The SMILES string of the molecule is CC(C)(C)NCCCNCc1c(F)cc(Br)cc1F. The van der Waals surface area contributed by atoms with Crippen molar-refractivity contribution in [2.75, 3.05) is 13.1 Å². The van der Waals surface area contributed by atoms with Crippen molar-refractivity contribution in [2.24, 2.45) is 0 Å². The lowest BCUT2D eigenvalue weighted by atomic mass is 10.1. The third-order valence-corrected chi connectivity index (χ3v) is 3.05. The molecule has 0 saturated heterocycles. The van der Waals surface area contributed by atoms with Gasteiger partial charge in [-0.2, -0.15) is 0 Å². The number of halogens is 3. The van der Waals surface area contributed by atoms with E-state index in [0.29, 0.717) is 4.47 Å². The Kier molecular flexibility index (Phi) is 6.36. The van der Waals surface area contributed by atoms with E-state index in [0.717, 1.165) is 19.5 Å². The van der Waals surface area contributed by atoms with Crippen LogP contribution in [0.4, 0.5) is 8.78 Å². The normalized spacial score (nSPS) is 11.9. The number of hydrogen-bond acceptors (Lipinski definition) is 2. The van der Waals surface area contributed by atoms with E-state index >= 15 is 0 Å². The molecular weight excluding hydrogens is 314 g/mol. The minimum atomic E-state index is -0.521. The van der Waals surface area contributed by atoms with Crippen LogP contribution in [0.1, 0.15) is 32.8 Å². The van der Waals surface area contributed by atoms with Gasteiger partial charge in [-0.25, -0.2) is 8.78 Å². The van der Waals surface area contributed by atoms with Crippen LogP contribution >= 0.6 is 15.9 Å². The van der Waals surface area contributed by atoms with E-state index in [1.54, 1.807) is 0 Å². The third-order valence-electron chi connectivity index (χ3n) is 2.59. The van der Waals surface area contributed by atoms with Gasteiger partial charge in [-0.1, -0.05) is 15.9 Å². The summed E-state index contributed by atoms with van der Waals surface area (Å²) in [5, 5.41) is 6.41. The lowest BCUT2D eigenvalue weighted by Crippen LogP contribution is -2.37. The van der Waals surface area contributed by atoms with Crippen molar-refractivity contribution in [1.82, 2.24) is 10.6 Å². The smallest absolute Gasteiger partial charge is 0.131 e. The highest BCUT2D eigenvalue weighted by molar-refractivity contribution is 9.10.